The fraction of sp³-hybridized carbons (Fsp3) is 0.571. The molecule has 152 valence electrons. The lowest BCUT2D eigenvalue weighted by molar-refractivity contribution is 0.0313. The zero-order valence-corrected chi connectivity index (χ0v) is 16.7. The van der Waals surface area contributed by atoms with Gasteiger partial charge >= 0.3 is 0 Å². The molecule has 3 heterocycles. The normalized spacial score (nSPS) is 18.5. The minimum Gasteiger partial charge on any atom is -0.496 e. The van der Waals surface area contributed by atoms with E-state index in [1.165, 1.54) is 0 Å². The number of benzene rings is 1. The van der Waals surface area contributed by atoms with Crippen LogP contribution in [0.25, 0.3) is 11.3 Å². The molecule has 0 bridgehead atoms. The van der Waals surface area contributed by atoms with Crippen LogP contribution < -0.4 is 14.2 Å². The molecule has 7 nitrogen and oxygen atoms in total. The molecule has 2 aromatic rings. The second kappa shape index (κ2) is 8.84. The van der Waals surface area contributed by atoms with E-state index in [0.29, 0.717) is 19.3 Å². The minimum absolute atomic E-state index is 0.330. The summed E-state index contributed by atoms with van der Waals surface area (Å²) >= 11 is 0. The summed E-state index contributed by atoms with van der Waals surface area (Å²) in [5.41, 5.74) is 2.01. The summed E-state index contributed by atoms with van der Waals surface area (Å²) in [6.07, 6.45) is 5.73. The van der Waals surface area contributed by atoms with Gasteiger partial charge < -0.3 is 23.5 Å². The molecule has 0 saturated carbocycles. The van der Waals surface area contributed by atoms with Crippen LogP contribution >= 0.6 is 0 Å². The van der Waals surface area contributed by atoms with Crippen molar-refractivity contribution in [2.45, 2.75) is 25.8 Å². The monoisotopic (exact) mass is 387 g/mol. The van der Waals surface area contributed by atoms with E-state index in [1.54, 1.807) is 7.11 Å². The number of hydrogen-bond acceptors (Lipinski definition) is 6. The zero-order valence-electron chi connectivity index (χ0n) is 16.7. The van der Waals surface area contributed by atoms with E-state index in [4.69, 9.17) is 18.9 Å². The van der Waals surface area contributed by atoms with Crippen molar-refractivity contribution < 1.29 is 18.9 Å². The number of aromatic nitrogens is 2. The molecule has 28 heavy (non-hydrogen) atoms. The van der Waals surface area contributed by atoms with E-state index in [2.05, 4.69) is 21.4 Å². The Hall–Kier alpha value is -2.25. The number of fused-ring (bicyclic) bond motifs is 1. The van der Waals surface area contributed by atoms with Gasteiger partial charge in [0.05, 0.1) is 51.8 Å². The Labute approximate surface area is 166 Å². The van der Waals surface area contributed by atoms with Crippen molar-refractivity contribution in [3.63, 3.8) is 0 Å². The van der Waals surface area contributed by atoms with E-state index in [0.717, 1.165) is 74.2 Å². The van der Waals surface area contributed by atoms with Crippen molar-refractivity contribution in [2.24, 2.45) is 0 Å². The van der Waals surface area contributed by atoms with Gasteiger partial charge in [0.25, 0.3) is 0 Å². The summed E-state index contributed by atoms with van der Waals surface area (Å²) in [5, 5.41) is 0. The van der Waals surface area contributed by atoms with Crippen LogP contribution in [-0.4, -0.2) is 67.6 Å². The highest BCUT2D eigenvalue weighted by Crippen LogP contribution is 2.41. The number of nitrogens with zero attached hydrogens (tertiary/aromatic N) is 3. The number of methoxy groups -OCH3 is 1. The molecular formula is C21H29N3O4. The van der Waals surface area contributed by atoms with Crippen LogP contribution in [0.15, 0.2) is 24.7 Å². The average molecular weight is 387 g/mol. The zero-order chi connectivity index (χ0) is 19.3. The Balaban J connectivity index is 1.66. The van der Waals surface area contributed by atoms with Crippen LogP contribution in [0.3, 0.4) is 0 Å². The molecule has 0 unspecified atom stereocenters. The number of imidazole rings is 1. The number of morpholine rings is 1. The molecule has 4 rings (SSSR count). The molecule has 0 radical (unpaired) electrons. The maximum absolute atomic E-state index is 5.90. The Morgan fingerprint density at radius 3 is 2.57 bits per heavy atom. The maximum atomic E-state index is 5.90. The number of hydrogen-bond donors (Lipinski definition) is 0. The van der Waals surface area contributed by atoms with E-state index in [9.17, 15) is 0 Å². The van der Waals surface area contributed by atoms with E-state index in [-0.39, 0.29) is 0 Å². The van der Waals surface area contributed by atoms with Crippen molar-refractivity contribution in [3.8, 4) is 28.5 Å². The molecule has 7 heteroatoms. The molecular weight excluding hydrogens is 358 g/mol. The molecule has 2 aliphatic rings. The lowest BCUT2D eigenvalue weighted by Crippen LogP contribution is -2.39. The highest BCUT2D eigenvalue weighted by Gasteiger charge is 2.23. The van der Waals surface area contributed by atoms with Gasteiger partial charge in [-0.3, -0.25) is 4.90 Å². The topological polar surface area (TPSA) is 58.0 Å². The summed E-state index contributed by atoms with van der Waals surface area (Å²) in [6.45, 7) is 8.10. The van der Waals surface area contributed by atoms with Gasteiger partial charge in [-0.15, -0.1) is 0 Å². The fourth-order valence-corrected chi connectivity index (χ4v) is 3.86. The number of rotatable bonds is 6. The molecule has 1 aromatic carbocycles. The third-order valence-corrected chi connectivity index (χ3v) is 5.45. The van der Waals surface area contributed by atoms with Crippen molar-refractivity contribution in [3.05, 3.63) is 24.7 Å². The second-order valence-electron chi connectivity index (χ2n) is 7.21. The van der Waals surface area contributed by atoms with E-state index < -0.39 is 0 Å². The molecule has 1 fully saturated rings. The van der Waals surface area contributed by atoms with Crippen LogP contribution in [0.5, 0.6) is 17.2 Å². The fourth-order valence-electron chi connectivity index (χ4n) is 3.86. The summed E-state index contributed by atoms with van der Waals surface area (Å²) in [6, 6.07) is 4.28. The van der Waals surface area contributed by atoms with Crippen molar-refractivity contribution in [2.75, 3.05) is 53.2 Å². The molecule has 0 amide bonds. The van der Waals surface area contributed by atoms with Crippen LogP contribution in [0.1, 0.15) is 25.8 Å². The summed E-state index contributed by atoms with van der Waals surface area (Å²) in [5.74, 6) is 2.28. The van der Waals surface area contributed by atoms with Crippen LogP contribution in [0.2, 0.25) is 0 Å². The van der Waals surface area contributed by atoms with Gasteiger partial charge in [-0.05, 0) is 12.5 Å². The van der Waals surface area contributed by atoms with E-state index in [1.807, 2.05) is 24.7 Å². The maximum Gasteiger partial charge on any atom is 0.164 e. The Morgan fingerprint density at radius 1 is 1.11 bits per heavy atom. The SMILES string of the molecule is CC[C@H](CN1CCOCC1)n1cncc1-c1cc2c(cc1OC)OCCCO2. The first-order chi connectivity index (χ1) is 13.8. The second-order valence-corrected chi connectivity index (χ2v) is 7.21. The predicted octanol–water partition coefficient (Wildman–Crippen LogP) is 3.00. The Bertz CT molecular complexity index is 786. The minimum atomic E-state index is 0.330. The quantitative estimate of drug-likeness (QED) is 0.760. The molecule has 1 aromatic heterocycles. The first-order valence-corrected chi connectivity index (χ1v) is 10.1. The predicted molar refractivity (Wildman–Crippen MR) is 106 cm³/mol. The third kappa shape index (κ3) is 3.95. The number of ether oxygens (including phenoxy) is 4. The summed E-state index contributed by atoms with van der Waals surface area (Å²) in [4.78, 5) is 6.92. The molecule has 1 atom stereocenters. The van der Waals surface area contributed by atoms with Crippen LogP contribution in [0.4, 0.5) is 0 Å². The lowest BCUT2D eigenvalue weighted by atomic mass is 10.1. The van der Waals surface area contributed by atoms with Gasteiger partial charge in [0.1, 0.15) is 5.75 Å². The van der Waals surface area contributed by atoms with Crippen LogP contribution in [0, 0.1) is 0 Å². The highest BCUT2D eigenvalue weighted by atomic mass is 16.5. The molecule has 1 saturated heterocycles. The van der Waals surface area contributed by atoms with Gasteiger partial charge in [0.2, 0.25) is 0 Å². The largest absolute Gasteiger partial charge is 0.496 e. The summed E-state index contributed by atoms with van der Waals surface area (Å²) < 4.78 is 25.2. The van der Waals surface area contributed by atoms with Crippen molar-refractivity contribution in [1.82, 2.24) is 14.5 Å². The van der Waals surface area contributed by atoms with Gasteiger partial charge in [-0.2, -0.15) is 0 Å². The lowest BCUT2D eigenvalue weighted by Gasteiger charge is -2.31. The average Bonchev–Trinajstić information content (AvgIpc) is 3.10. The Kier molecular flexibility index (Phi) is 6.02. The standard InChI is InChI=1S/C21H29N3O4/c1-3-16(14-23-5-9-26-10-6-23)24-15-22-13-18(24)17-11-20-21(12-19(17)25-2)28-8-4-7-27-20/h11-13,15-16H,3-10,14H2,1-2H3/t16-/m1/s1. The molecule has 0 aliphatic carbocycles. The molecule has 0 spiro atoms. The first kappa shape index (κ1) is 19.1. The van der Waals surface area contributed by atoms with Gasteiger partial charge in [0.15, 0.2) is 11.5 Å². The highest BCUT2D eigenvalue weighted by molar-refractivity contribution is 5.72. The van der Waals surface area contributed by atoms with E-state index >= 15 is 0 Å². The Morgan fingerprint density at radius 2 is 1.86 bits per heavy atom. The van der Waals surface area contributed by atoms with Gasteiger partial charge in [-0.25, -0.2) is 4.98 Å². The van der Waals surface area contributed by atoms with Gasteiger partial charge in [0, 0.05) is 43.7 Å². The smallest absolute Gasteiger partial charge is 0.164 e. The van der Waals surface area contributed by atoms with Crippen LogP contribution in [-0.2, 0) is 4.74 Å². The summed E-state index contributed by atoms with van der Waals surface area (Å²) in [7, 11) is 1.69. The third-order valence-electron chi connectivity index (χ3n) is 5.45. The van der Waals surface area contributed by atoms with Crippen molar-refractivity contribution in [1.29, 1.82) is 0 Å². The molecule has 0 N–H and O–H groups in total. The first-order valence-electron chi connectivity index (χ1n) is 10.1. The van der Waals surface area contributed by atoms with Crippen molar-refractivity contribution >= 4 is 0 Å². The molecule has 2 aliphatic heterocycles. The van der Waals surface area contributed by atoms with Gasteiger partial charge in [-0.1, -0.05) is 6.92 Å².